The lowest BCUT2D eigenvalue weighted by atomic mass is 10.1. The molecule has 0 fully saturated rings. The fourth-order valence-corrected chi connectivity index (χ4v) is 1.22. The number of nitrogens with two attached hydrogens (primary N) is 1. The van der Waals surface area contributed by atoms with E-state index in [2.05, 4.69) is 5.32 Å². The highest BCUT2D eigenvalue weighted by Gasteiger charge is 2.38. The molecule has 1 unspecified atom stereocenters. The van der Waals surface area contributed by atoms with E-state index < -0.39 is 20.5 Å². The molecule has 1 atom stereocenters. The van der Waals surface area contributed by atoms with E-state index in [4.69, 9.17) is 18.0 Å². The zero-order valence-corrected chi connectivity index (χ0v) is 11.5. The Kier molecular flexibility index (Phi) is 4.87. The molecular weight excluding hydrogens is 248 g/mol. The number of hydrogen-bond acceptors (Lipinski definition) is 4. The molecule has 0 aliphatic rings. The number of thiocarbonyl (C=S) groups is 1. The molecule has 94 valence electrons. The summed E-state index contributed by atoms with van der Waals surface area (Å²) in [6, 6.07) is 0. The molecule has 0 saturated heterocycles. The van der Waals surface area contributed by atoms with Gasteiger partial charge in [-0.2, -0.15) is 0 Å². The largest absolute Gasteiger partial charge is 0.393 e. The van der Waals surface area contributed by atoms with Gasteiger partial charge in [0.25, 0.3) is 0 Å². The first-order valence-corrected chi connectivity index (χ1v) is 7.07. The van der Waals surface area contributed by atoms with Crippen LogP contribution in [0.5, 0.6) is 0 Å². The monoisotopic (exact) mass is 266 g/mol. The third-order valence-electron chi connectivity index (χ3n) is 2.53. The lowest BCUT2D eigenvalue weighted by molar-refractivity contribution is -0.122. The standard InChI is InChI=1S/C9H18N2O3S2/c1-6(7(10)15)5-11-8(12)9(2,3)16(4,13)14/h6H,5H2,1-4H3,(H2,10,15)(H,11,12). The second kappa shape index (κ2) is 5.09. The molecule has 5 nitrogen and oxygen atoms in total. The second-order valence-electron chi connectivity index (χ2n) is 4.30. The molecule has 0 heterocycles. The Morgan fingerprint density at radius 2 is 1.94 bits per heavy atom. The first-order valence-electron chi connectivity index (χ1n) is 4.77. The van der Waals surface area contributed by atoms with Gasteiger partial charge in [-0.3, -0.25) is 4.79 Å². The Morgan fingerprint density at radius 1 is 1.50 bits per heavy atom. The van der Waals surface area contributed by atoms with Crippen LogP contribution in [0, 0.1) is 5.92 Å². The number of rotatable bonds is 5. The number of carbonyl (C=O) groups excluding carboxylic acids is 1. The SMILES string of the molecule is CC(CNC(=O)C(C)(C)S(C)(=O)=O)C(N)=S. The highest BCUT2D eigenvalue weighted by molar-refractivity contribution is 7.92. The van der Waals surface area contributed by atoms with Crippen LogP contribution in [0.4, 0.5) is 0 Å². The van der Waals surface area contributed by atoms with E-state index >= 15 is 0 Å². The summed E-state index contributed by atoms with van der Waals surface area (Å²) in [5.41, 5.74) is 5.38. The molecule has 0 radical (unpaired) electrons. The number of hydrogen-bond donors (Lipinski definition) is 2. The maximum Gasteiger partial charge on any atom is 0.240 e. The molecular formula is C9H18N2O3S2. The van der Waals surface area contributed by atoms with Crippen molar-refractivity contribution in [1.29, 1.82) is 0 Å². The van der Waals surface area contributed by atoms with Crippen molar-refractivity contribution in [2.24, 2.45) is 11.7 Å². The van der Waals surface area contributed by atoms with Gasteiger partial charge in [-0.1, -0.05) is 19.1 Å². The highest BCUT2D eigenvalue weighted by Crippen LogP contribution is 2.15. The van der Waals surface area contributed by atoms with Crippen molar-refractivity contribution in [1.82, 2.24) is 5.32 Å². The Balaban J connectivity index is 4.56. The van der Waals surface area contributed by atoms with E-state index in [9.17, 15) is 13.2 Å². The van der Waals surface area contributed by atoms with Gasteiger partial charge in [0, 0.05) is 18.7 Å². The van der Waals surface area contributed by atoms with Gasteiger partial charge in [0.05, 0.1) is 4.99 Å². The fourth-order valence-electron chi connectivity index (χ4n) is 0.728. The minimum atomic E-state index is -3.45. The van der Waals surface area contributed by atoms with Crippen molar-refractivity contribution in [2.45, 2.75) is 25.5 Å². The average Bonchev–Trinajstić information content (AvgIpc) is 2.11. The van der Waals surface area contributed by atoms with Crippen LogP contribution in [0.2, 0.25) is 0 Å². The molecule has 1 amide bonds. The number of nitrogens with one attached hydrogen (secondary N) is 1. The maximum absolute atomic E-state index is 11.7. The number of amides is 1. The third kappa shape index (κ3) is 3.71. The summed E-state index contributed by atoms with van der Waals surface area (Å²) >= 11 is 4.75. The fraction of sp³-hybridized carbons (Fsp3) is 0.778. The minimum Gasteiger partial charge on any atom is -0.393 e. The summed E-state index contributed by atoms with van der Waals surface area (Å²) in [4.78, 5) is 12.0. The van der Waals surface area contributed by atoms with E-state index in [1.54, 1.807) is 6.92 Å². The molecule has 0 spiro atoms. The lowest BCUT2D eigenvalue weighted by Gasteiger charge is -2.22. The molecule has 0 aliphatic carbocycles. The molecule has 0 rings (SSSR count). The van der Waals surface area contributed by atoms with E-state index in [0.29, 0.717) is 0 Å². The van der Waals surface area contributed by atoms with Crippen molar-refractivity contribution in [3.8, 4) is 0 Å². The third-order valence-corrected chi connectivity index (χ3v) is 4.97. The van der Waals surface area contributed by atoms with Crippen LogP contribution >= 0.6 is 12.2 Å². The first-order chi connectivity index (χ1) is 7.00. The Morgan fingerprint density at radius 3 is 2.25 bits per heavy atom. The van der Waals surface area contributed by atoms with E-state index in [1.165, 1.54) is 13.8 Å². The summed E-state index contributed by atoms with van der Waals surface area (Å²) in [6.45, 7) is 4.73. The average molecular weight is 266 g/mol. The predicted octanol–water partition coefficient (Wildman–Crippen LogP) is -0.152. The van der Waals surface area contributed by atoms with Crippen molar-refractivity contribution in [2.75, 3.05) is 12.8 Å². The Hall–Kier alpha value is -0.690. The smallest absolute Gasteiger partial charge is 0.240 e. The van der Waals surface area contributed by atoms with Crippen molar-refractivity contribution >= 4 is 33.0 Å². The number of carbonyl (C=O) groups is 1. The van der Waals surface area contributed by atoms with Crippen molar-refractivity contribution < 1.29 is 13.2 Å². The van der Waals surface area contributed by atoms with Crippen molar-refractivity contribution in [3.05, 3.63) is 0 Å². The van der Waals surface area contributed by atoms with E-state index in [-0.39, 0.29) is 17.5 Å². The predicted molar refractivity (Wildman–Crippen MR) is 67.9 cm³/mol. The second-order valence-corrected chi connectivity index (χ2v) is 7.33. The van der Waals surface area contributed by atoms with E-state index in [0.717, 1.165) is 6.26 Å². The Labute approximate surface area is 102 Å². The van der Waals surface area contributed by atoms with Gasteiger partial charge in [-0.15, -0.1) is 0 Å². The van der Waals surface area contributed by atoms with Gasteiger partial charge in [0.2, 0.25) is 5.91 Å². The molecule has 3 N–H and O–H groups in total. The molecule has 0 aliphatic heterocycles. The van der Waals surface area contributed by atoms with Crippen LogP contribution in [-0.4, -0.2) is 36.9 Å². The molecule has 0 saturated carbocycles. The zero-order chi connectivity index (χ0) is 13.1. The molecule has 0 aromatic carbocycles. The minimum absolute atomic E-state index is 0.158. The first kappa shape index (κ1) is 15.3. The normalized spacial score (nSPS) is 14.2. The van der Waals surface area contributed by atoms with Crippen LogP contribution in [0.3, 0.4) is 0 Å². The Bertz CT molecular complexity index is 388. The molecule has 0 aromatic heterocycles. The molecule has 7 heteroatoms. The summed E-state index contributed by atoms with van der Waals surface area (Å²) in [5, 5.41) is 2.52. The van der Waals surface area contributed by atoms with Crippen molar-refractivity contribution in [3.63, 3.8) is 0 Å². The van der Waals surface area contributed by atoms with E-state index in [1.807, 2.05) is 0 Å². The van der Waals surface area contributed by atoms with Crippen LogP contribution in [0.25, 0.3) is 0 Å². The van der Waals surface area contributed by atoms with Crippen LogP contribution in [0.15, 0.2) is 0 Å². The van der Waals surface area contributed by atoms with Crippen LogP contribution < -0.4 is 11.1 Å². The summed E-state index contributed by atoms with van der Waals surface area (Å²) in [5.74, 6) is -0.701. The highest BCUT2D eigenvalue weighted by atomic mass is 32.2. The summed E-state index contributed by atoms with van der Waals surface area (Å²) in [7, 11) is -3.45. The van der Waals surface area contributed by atoms with Crippen LogP contribution in [-0.2, 0) is 14.6 Å². The lowest BCUT2D eigenvalue weighted by Crippen LogP contribution is -2.49. The molecule has 16 heavy (non-hydrogen) atoms. The number of sulfone groups is 1. The van der Waals surface area contributed by atoms with Gasteiger partial charge >= 0.3 is 0 Å². The summed E-state index contributed by atoms with van der Waals surface area (Å²) in [6.07, 6.45) is 1.03. The van der Waals surface area contributed by atoms with Gasteiger partial charge in [0.15, 0.2) is 9.84 Å². The van der Waals surface area contributed by atoms with Gasteiger partial charge in [-0.25, -0.2) is 8.42 Å². The summed E-state index contributed by atoms with van der Waals surface area (Å²) < 4.78 is 21.3. The topological polar surface area (TPSA) is 89.3 Å². The maximum atomic E-state index is 11.7. The van der Waals surface area contributed by atoms with Gasteiger partial charge in [-0.05, 0) is 13.8 Å². The zero-order valence-electron chi connectivity index (χ0n) is 9.90. The molecule has 0 bridgehead atoms. The quantitative estimate of drug-likeness (QED) is 0.675. The van der Waals surface area contributed by atoms with Gasteiger partial charge in [0.1, 0.15) is 4.75 Å². The van der Waals surface area contributed by atoms with Gasteiger partial charge < -0.3 is 11.1 Å². The molecule has 0 aromatic rings. The van der Waals surface area contributed by atoms with Crippen LogP contribution in [0.1, 0.15) is 20.8 Å².